The number of carbonyl (C=O) groups is 1. The maximum Gasteiger partial charge on any atom is 0.279 e. The highest BCUT2D eigenvalue weighted by Gasteiger charge is 2.20. The summed E-state index contributed by atoms with van der Waals surface area (Å²) in [6, 6.07) is 13.7. The SMILES string of the molecule is Cc1cc(C)c(NC(=O)C[NH+](C)C/C(O)=C(\C#N)c2nc3ccccc3n2C)c(C)c1. The molecule has 0 spiro atoms. The Balaban J connectivity index is 1.74. The zero-order valence-corrected chi connectivity index (χ0v) is 18.6. The van der Waals surface area contributed by atoms with Gasteiger partial charge in [0.1, 0.15) is 18.2 Å². The Hall–Kier alpha value is -3.63. The van der Waals surface area contributed by atoms with Gasteiger partial charge in [0, 0.05) is 12.7 Å². The number of nitriles is 1. The van der Waals surface area contributed by atoms with Crippen LogP contribution in [0.5, 0.6) is 0 Å². The fourth-order valence-corrected chi connectivity index (χ4v) is 3.88. The summed E-state index contributed by atoms with van der Waals surface area (Å²) in [6.07, 6.45) is 0. The van der Waals surface area contributed by atoms with Crippen LogP contribution in [-0.2, 0) is 11.8 Å². The number of likely N-dealkylation sites (N-methyl/N-ethyl adjacent to an activating group) is 1. The monoisotopic (exact) mass is 418 g/mol. The molecule has 3 N–H and O–H groups in total. The molecule has 160 valence electrons. The third-order valence-corrected chi connectivity index (χ3v) is 5.28. The molecule has 0 aliphatic heterocycles. The van der Waals surface area contributed by atoms with Gasteiger partial charge in [-0.2, -0.15) is 5.26 Å². The van der Waals surface area contributed by atoms with Gasteiger partial charge in [-0.3, -0.25) is 4.79 Å². The summed E-state index contributed by atoms with van der Waals surface area (Å²) in [5.74, 6) is 0.167. The highest BCUT2D eigenvalue weighted by atomic mass is 16.3. The van der Waals surface area contributed by atoms with Crippen LogP contribution in [0.15, 0.2) is 42.2 Å². The van der Waals surface area contributed by atoms with Crippen LogP contribution >= 0.6 is 0 Å². The van der Waals surface area contributed by atoms with Gasteiger partial charge in [0.15, 0.2) is 18.1 Å². The number of carbonyl (C=O) groups excluding carboxylic acids is 1. The molecule has 3 aromatic rings. The molecule has 1 aromatic heterocycles. The van der Waals surface area contributed by atoms with Crippen LogP contribution in [0.25, 0.3) is 16.6 Å². The summed E-state index contributed by atoms with van der Waals surface area (Å²) in [7, 11) is 3.61. The van der Waals surface area contributed by atoms with Crippen LogP contribution in [0.3, 0.4) is 0 Å². The number of quaternary nitrogens is 1. The Labute approximate surface area is 182 Å². The number of aromatic nitrogens is 2. The number of benzene rings is 2. The van der Waals surface area contributed by atoms with Gasteiger partial charge in [-0.05, 0) is 44.0 Å². The Morgan fingerprint density at radius 3 is 2.45 bits per heavy atom. The first-order chi connectivity index (χ1) is 14.7. The lowest BCUT2D eigenvalue weighted by Gasteiger charge is -2.16. The van der Waals surface area contributed by atoms with E-state index in [4.69, 9.17) is 0 Å². The third-order valence-electron chi connectivity index (χ3n) is 5.28. The lowest BCUT2D eigenvalue weighted by atomic mass is 10.1. The fraction of sp³-hybridized carbons (Fsp3) is 0.292. The molecule has 0 bridgehead atoms. The minimum absolute atomic E-state index is 0.0890. The molecule has 7 heteroatoms. The molecule has 0 aliphatic carbocycles. The molecule has 7 nitrogen and oxygen atoms in total. The molecule has 0 saturated carbocycles. The van der Waals surface area contributed by atoms with E-state index < -0.39 is 0 Å². The van der Waals surface area contributed by atoms with Crippen molar-refractivity contribution in [3.8, 4) is 6.07 Å². The van der Waals surface area contributed by atoms with Gasteiger partial charge in [-0.15, -0.1) is 0 Å². The Morgan fingerprint density at radius 2 is 1.84 bits per heavy atom. The van der Waals surface area contributed by atoms with Gasteiger partial charge in [-0.1, -0.05) is 29.8 Å². The molecule has 3 rings (SSSR count). The van der Waals surface area contributed by atoms with Gasteiger partial charge in [-0.25, -0.2) is 4.98 Å². The number of para-hydroxylation sites is 2. The molecular weight excluding hydrogens is 390 g/mol. The minimum atomic E-state index is -0.151. The quantitative estimate of drug-likeness (QED) is 0.423. The maximum absolute atomic E-state index is 12.6. The molecule has 1 heterocycles. The van der Waals surface area contributed by atoms with E-state index in [2.05, 4.69) is 16.4 Å². The van der Waals surface area contributed by atoms with Crippen molar-refractivity contribution in [1.29, 1.82) is 5.26 Å². The highest BCUT2D eigenvalue weighted by molar-refractivity contribution is 5.93. The maximum atomic E-state index is 12.6. The van der Waals surface area contributed by atoms with E-state index in [0.29, 0.717) is 5.82 Å². The number of aliphatic hydroxyl groups excluding tert-OH is 1. The van der Waals surface area contributed by atoms with Gasteiger partial charge < -0.3 is 19.9 Å². The second-order valence-corrected chi connectivity index (χ2v) is 8.05. The number of aliphatic hydroxyl groups is 1. The average molecular weight is 419 g/mol. The first-order valence-electron chi connectivity index (χ1n) is 10.1. The first kappa shape index (κ1) is 22.1. The summed E-state index contributed by atoms with van der Waals surface area (Å²) in [6.45, 7) is 6.24. The Morgan fingerprint density at radius 1 is 1.19 bits per heavy atom. The molecule has 0 aliphatic rings. The van der Waals surface area contributed by atoms with Crippen LogP contribution in [0.1, 0.15) is 22.5 Å². The smallest absolute Gasteiger partial charge is 0.279 e. The van der Waals surface area contributed by atoms with Crippen LogP contribution in [-0.4, -0.2) is 40.7 Å². The fourth-order valence-electron chi connectivity index (χ4n) is 3.88. The van der Waals surface area contributed by atoms with Crippen molar-refractivity contribution in [1.82, 2.24) is 9.55 Å². The predicted molar refractivity (Wildman–Crippen MR) is 122 cm³/mol. The lowest BCUT2D eigenvalue weighted by Crippen LogP contribution is -3.10. The number of anilines is 1. The van der Waals surface area contributed by atoms with E-state index in [1.807, 2.05) is 64.2 Å². The average Bonchev–Trinajstić information content (AvgIpc) is 3.02. The van der Waals surface area contributed by atoms with Crippen molar-refractivity contribution in [3.63, 3.8) is 0 Å². The number of fused-ring (bicyclic) bond motifs is 1. The highest BCUT2D eigenvalue weighted by Crippen LogP contribution is 2.22. The second-order valence-electron chi connectivity index (χ2n) is 8.05. The molecule has 1 unspecified atom stereocenters. The summed E-state index contributed by atoms with van der Waals surface area (Å²) in [4.78, 5) is 17.8. The van der Waals surface area contributed by atoms with E-state index in [1.54, 1.807) is 11.6 Å². The van der Waals surface area contributed by atoms with Crippen molar-refractivity contribution in [3.05, 3.63) is 64.7 Å². The molecule has 1 atom stereocenters. The summed E-state index contributed by atoms with van der Waals surface area (Å²) < 4.78 is 1.79. The van der Waals surface area contributed by atoms with Crippen LogP contribution in [0.4, 0.5) is 5.69 Å². The number of imidazole rings is 1. The van der Waals surface area contributed by atoms with Gasteiger partial charge in [0.05, 0.1) is 18.1 Å². The molecule has 1 amide bonds. The van der Waals surface area contributed by atoms with Gasteiger partial charge in [0.2, 0.25) is 0 Å². The van der Waals surface area contributed by atoms with Crippen LogP contribution < -0.4 is 10.2 Å². The van der Waals surface area contributed by atoms with Gasteiger partial charge in [0.25, 0.3) is 5.91 Å². The minimum Gasteiger partial charge on any atom is -0.506 e. The standard InChI is InChI=1S/C24H27N5O2/c1-15-10-16(2)23(17(3)11-15)27-22(31)14-28(4)13-21(30)18(12-25)24-26-19-8-6-7-9-20(19)29(24)5/h6-11,30H,13-14H2,1-5H3,(H,27,31)/p+1/b21-18-. The molecule has 2 aromatic carbocycles. The van der Waals surface area contributed by atoms with Crippen LogP contribution in [0.2, 0.25) is 0 Å². The van der Waals surface area contributed by atoms with E-state index >= 15 is 0 Å². The van der Waals surface area contributed by atoms with Crippen molar-refractivity contribution in [2.45, 2.75) is 20.8 Å². The Kier molecular flexibility index (Phi) is 6.42. The number of nitrogens with zero attached hydrogens (tertiary/aromatic N) is 3. The van der Waals surface area contributed by atoms with E-state index in [9.17, 15) is 15.2 Å². The molecule has 0 fully saturated rings. The molecular formula is C24H28N5O2+. The predicted octanol–water partition coefficient (Wildman–Crippen LogP) is 2.44. The number of allylic oxidation sites excluding steroid dienone is 1. The summed E-state index contributed by atoms with van der Waals surface area (Å²) >= 11 is 0. The van der Waals surface area contributed by atoms with Gasteiger partial charge >= 0.3 is 0 Å². The normalized spacial score (nSPS) is 12.9. The third kappa shape index (κ3) is 4.76. The number of aryl methyl sites for hydroxylation is 4. The lowest BCUT2D eigenvalue weighted by molar-refractivity contribution is -0.867. The number of nitrogens with one attached hydrogen (secondary N) is 2. The molecule has 0 radical (unpaired) electrons. The van der Waals surface area contributed by atoms with Crippen molar-refractivity contribution in [2.24, 2.45) is 7.05 Å². The number of rotatable bonds is 6. The van der Waals surface area contributed by atoms with Crippen LogP contribution in [0, 0.1) is 32.1 Å². The summed E-state index contributed by atoms with van der Waals surface area (Å²) in [5.41, 5.74) is 5.74. The second kappa shape index (κ2) is 9.02. The van der Waals surface area contributed by atoms with E-state index in [-0.39, 0.29) is 30.3 Å². The number of hydrogen-bond acceptors (Lipinski definition) is 4. The van der Waals surface area contributed by atoms with E-state index in [1.165, 1.54) is 0 Å². The summed E-state index contributed by atoms with van der Waals surface area (Å²) in [5, 5.41) is 23.3. The first-order valence-corrected chi connectivity index (χ1v) is 10.1. The van der Waals surface area contributed by atoms with Crippen molar-refractivity contribution < 1.29 is 14.8 Å². The Bertz CT molecular complexity index is 1190. The molecule has 0 saturated heterocycles. The molecule has 31 heavy (non-hydrogen) atoms. The zero-order valence-electron chi connectivity index (χ0n) is 18.6. The zero-order chi connectivity index (χ0) is 22.7. The van der Waals surface area contributed by atoms with E-state index in [0.717, 1.165) is 38.3 Å². The topological polar surface area (TPSA) is 95.4 Å². The largest absolute Gasteiger partial charge is 0.506 e. The number of hydrogen-bond donors (Lipinski definition) is 3. The van der Waals surface area contributed by atoms with Crippen molar-refractivity contribution in [2.75, 3.05) is 25.5 Å². The number of amides is 1. The van der Waals surface area contributed by atoms with Crippen molar-refractivity contribution >= 4 is 28.2 Å².